The molecule has 10 heteroatoms. The van der Waals surface area contributed by atoms with E-state index < -0.39 is 12.2 Å². The first kappa shape index (κ1) is 22.8. The van der Waals surface area contributed by atoms with Crippen molar-refractivity contribution in [3.05, 3.63) is 70.5 Å². The molecule has 4 aromatic rings. The van der Waals surface area contributed by atoms with E-state index in [9.17, 15) is 13.6 Å². The zero-order valence-corrected chi connectivity index (χ0v) is 18.5. The number of alkyl halides is 2. The largest absolute Gasteiger partial charge is 0.435 e. The first-order valence-electron chi connectivity index (χ1n) is 10.5. The Kier molecular flexibility index (Phi) is 6.48. The Bertz CT molecular complexity index is 1420. The number of pyridine rings is 1. The Hall–Kier alpha value is -4.34. The normalized spacial score (nSPS) is 11.4. The molecular weight excluding hydrogens is 442 g/mol. The Morgan fingerprint density at radius 2 is 1.94 bits per heavy atom. The van der Waals surface area contributed by atoms with Gasteiger partial charge in [0.05, 0.1) is 11.3 Å². The van der Waals surface area contributed by atoms with Gasteiger partial charge in [-0.25, -0.2) is 4.98 Å². The van der Waals surface area contributed by atoms with Crippen LogP contribution in [0.15, 0.2) is 64.4 Å². The second-order valence-electron chi connectivity index (χ2n) is 7.29. The summed E-state index contributed by atoms with van der Waals surface area (Å²) in [5, 5.41) is 7.65. The van der Waals surface area contributed by atoms with Gasteiger partial charge < -0.3 is 15.8 Å². The lowest BCUT2D eigenvalue weighted by Gasteiger charge is -2.13. The van der Waals surface area contributed by atoms with Crippen LogP contribution in [-0.2, 0) is 0 Å². The molecule has 0 bridgehead atoms. The van der Waals surface area contributed by atoms with E-state index in [2.05, 4.69) is 25.1 Å². The van der Waals surface area contributed by atoms with E-state index in [1.54, 1.807) is 43.6 Å². The monoisotopic (exact) mass is 464 g/mol. The van der Waals surface area contributed by atoms with E-state index in [4.69, 9.17) is 5.73 Å². The Labute approximate surface area is 193 Å². The maximum Gasteiger partial charge on any atom is 0.387 e. The van der Waals surface area contributed by atoms with Crippen LogP contribution in [0.4, 0.5) is 20.3 Å². The Balaban J connectivity index is 1.97. The van der Waals surface area contributed by atoms with Crippen LogP contribution < -0.4 is 21.3 Å². The molecule has 0 radical (unpaired) electrons. The number of nitrogens with one attached hydrogen (secondary N) is 1. The number of nitrogen functional groups attached to an aromatic ring is 1. The van der Waals surface area contributed by atoms with Crippen LogP contribution in [0, 0.1) is 0 Å². The highest BCUT2D eigenvalue weighted by molar-refractivity contribution is 5.92. The van der Waals surface area contributed by atoms with E-state index in [0.717, 1.165) is 0 Å². The lowest BCUT2D eigenvalue weighted by atomic mass is 10.1. The van der Waals surface area contributed by atoms with Crippen molar-refractivity contribution < 1.29 is 13.5 Å². The van der Waals surface area contributed by atoms with Crippen LogP contribution in [0.1, 0.15) is 12.5 Å². The summed E-state index contributed by atoms with van der Waals surface area (Å²) in [5.41, 5.74) is 8.85. The number of aromatic nitrogens is 3. The van der Waals surface area contributed by atoms with Gasteiger partial charge in [0, 0.05) is 31.1 Å². The van der Waals surface area contributed by atoms with Gasteiger partial charge >= 0.3 is 6.61 Å². The maximum atomic E-state index is 13.7. The van der Waals surface area contributed by atoms with Gasteiger partial charge in [-0.1, -0.05) is 12.1 Å². The average molecular weight is 464 g/mol. The van der Waals surface area contributed by atoms with E-state index in [-0.39, 0.29) is 11.3 Å². The SMILES string of the molecule is CCNc1ccc2nn(-c3ccc(N)c(C=NC)c3)c(=O)c(-c3ccc(OC(F)F)cc3)c2n1. The fourth-order valence-electron chi connectivity index (χ4n) is 3.54. The van der Waals surface area contributed by atoms with Gasteiger partial charge in [0.1, 0.15) is 22.6 Å². The summed E-state index contributed by atoms with van der Waals surface area (Å²) >= 11 is 0. The van der Waals surface area contributed by atoms with Gasteiger partial charge in [0.2, 0.25) is 0 Å². The van der Waals surface area contributed by atoms with Gasteiger partial charge in [0.15, 0.2) is 0 Å². The zero-order valence-electron chi connectivity index (χ0n) is 18.5. The molecule has 0 unspecified atom stereocenters. The van der Waals surface area contributed by atoms with Gasteiger partial charge in [0.25, 0.3) is 5.56 Å². The number of hydrogen-bond acceptors (Lipinski definition) is 7. The minimum atomic E-state index is -2.94. The smallest absolute Gasteiger partial charge is 0.387 e. The minimum absolute atomic E-state index is 0.0132. The molecule has 0 fully saturated rings. The molecule has 2 heterocycles. The van der Waals surface area contributed by atoms with E-state index >= 15 is 0 Å². The molecule has 2 aromatic carbocycles. The summed E-state index contributed by atoms with van der Waals surface area (Å²) in [4.78, 5) is 22.3. The molecule has 0 aliphatic heterocycles. The van der Waals surface area contributed by atoms with Crippen LogP contribution in [-0.4, -0.2) is 41.2 Å². The summed E-state index contributed by atoms with van der Waals surface area (Å²) in [5.74, 6) is 0.572. The molecule has 0 saturated carbocycles. The molecule has 0 atom stereocenters. The number of ether oxygens (including phenoxy) is 1. The van der Waals surface area contributed by atoms with Gasteiger partial charge in [-0.15, -0.1) is 0 Å². The number of rotatable bonds is 7. The molecule has 174 valence electrons. The van der Waals surface area contributed by atoms with E-state index in [1.165, 1.54) is 28.9 Å². The highest BCUT2D eigenvalue weighted by Gasteiger charge is 2.18. The molecule has 4 rings (SSSR count). The van der Waals surface area contributed by atoms with Crippen molar-refractivity contribution in [2.75, 3.05) is 24.6 Å². The number of nitrogens with two attached hydrogens (primary N) is 1. The zero-order chi connectivity index (χ0) is 24.2. The van der Waals surface area contributed by atoms with Gasteiger partial charge in [-0.3, -0.25) is 9.79 Å². The summed E-state index contributed by atoms with van der Waals surface area (Å²) < 4.78 is 30.8. The van der Waals surface area contributed by atoms with Crippen molar-refractivity contribution in [1.82, 2.24) is 14.8 Å². The number of hydrogen-bond donors (Lipinski definition) is 2. The summed E-state index contributed by atoms with van der Waals surface area (Å²) in [7, 11) is 1.62. The number of nitrogens with zero attached hydrogens (tertiary/aromatic N) is 4. The summed E-state index contributed by atoms with van der Waals surface area (Å²) in [6, 6.07) is 14.5. The van der Waals surface area contributed by atoms with Gasteiger partial charge in [-0.2, -0.15) is 18.6 Å². The third-order valence-corrected chi connectivity index (χ3v) is 5.03. The van der Waals surface area contributed by atoms with E-state index in [0.29, 0.717) is 45.9 Å². The fraction of sp³-hybridized carbons (Fsp3) is 0.167. The van der Waals surface area contributed by atoms with E-state index in [1.807, 2.05) is 6.92 Å². The van der Waals surface area contributed by atoms with Crippen molar-refractivity contribution in [1.29, 1.82) is 0 Å². The van der Waals surface area contributed by atoms with Crippen LogP contribution in [0.2, 0.25) is 0 Å². The van der Waals surface area contributed by atoms with Crippen LogP contribution in [0.3, 0.4) is 0 Å². The number of halogens is 2. The third-order valence-electron chi connectivity index (χ3n) is 5.03. The summed E-state index contributed by atoms with van der Waals surface area (Å²) in [6.45, 7) is -0.366. The van der Waals surface area contributed by atoms with Gasteiger partial charge in [-0.05, 0) is 55.0 Å². The molecular formula is C24H22F2N6O2. The second-order valence-corrected chi connectivity index (χ2v) is 7.29. The summed E-state index contributed by atoms with van der Waals surface area (Å²) in [6.07, 6.45) is 1.60. The highest BCUT2D eigenvalue weighted by atomic mass is 19.3. The molecule has 0 spiro atoms. The molecule has 0 aliphatic rings. The second kappa shape index (κ2) is 9.65. The highest BCUT2D eigenvalue weighted by Crippen LogP contribution is 2.27. The lowest BCUT2D eigenvalue weighted by Crippen LogP contribution is -2.24. The first-order valence-corrected chi connectivity index (χ1v) is 10.5. The van der Waals surface area contributed by atoms with Crippen LogP contribution >= 0.6 is 0 Å². The Morgan fingerprint density at radius 3 is 2.62 bits per heavy atom. The number of benzene rings is 2. The molecule has 0 aliphatic carbocycles. The molecule has 0 amide bonds. The quantitative estimate of drug-likeness (QED) is 0.315. The minimum Gasteiger partial charge on any atom is -0.435 e. The van der Waals surface area contributed by atoms with Crippen molar-refractivity contribution in [2.45, 2.75) is 13.5 Å². The Morgan fingerprint density at radius 1 is 1.18 bits per heavy atom. The average Bonchev–Trinajstić information content (AvgIpc) is 2.81. The number of anilines is 2. The lowest BCUT2D eigenvalue weighted by molar-refractivity contribution is -0.0498. The van der Waals surface area contributed by atoms with Crippen molar-refractivity contribution in [2.24, 2.45) is 4.99 Å². The standard InChI is InChI=1S/C24H22F2N6O2/c1-3-29-20-11-10-19-22(30-20)21(14-4-7-17(8-5-14)34-24(25)26)23(33)32(31-19)16-6-9-18(27)15(12-16)13-28-2/h4-13,24H,3,27H2,1-2H3,(H,29,30). The maximum absolute atomic E-state index is 13.7. The van der Waals surface area contributed by atoms with Crippen molar-refractivity contribution in [3.8, 4) is 22.6 Å². The molecule has 34 heavy (non-hydrogen) atoms. The van der Waals surface area contributed by atoms with Crippen molar-refractivity contribution >= 4 is 28.8 Å². The predicted molar refractivity (Wildman–Crippen MR) is 129 cm³/mol. The fourth-order valence-corrected chi connectivity index (χ4v) is 3.54. The van der Waals surface area contributed by atoms with Crippen LogP contribution in [0.25, 0.3) is 27.8 Å². The number of aliphatic imine (C=N–C) groups is 1. The first-order chi connectivity index (χ1) is 16.4. The third kappa shape index (κ3) is 4.56. The van der Waals surface area contributed by atoms with Crippen LogP contribution in [0.5, 0.6) is 5.75 Å². The predicted octanol–water partition coefficient (Wildman–Crippen LogP) is 4.11. The molecule has 3 N–H and O–H groups in total. The molecule has 0 saturated heterocycles. The molecule has 2 aromatic heterocycles. The number of fused-ring (bicyclic) bond motifs is 1. The van der Waals surface area contributed by atoms with Crippen molar-refractivity contribution in [3.63, 3.8) is 0 Å². The molecule has 8 nitrogen and oxygen atoms in total. The topological polar surface area (TPSA) is 107 Å².